The van der Waals surface area contributed by atoms with Crippen molar-refractivity contribution >= 4 is 69.5 Å². The molecule has 1 amide bonds. The average molecular weight is 590 g/mol. The van der Waals surface area contributed by atoms with Crippen molar-refractivity contribution in [3.63, 3.8) is 0 Å². The Morgan fingerprint density at radius 1 is 1.06 bits per heavy atom. The molecule has 3 aromatic carbocycles. The minimum Gasteiger partial charge on any atom is -0.493 e. The molecule has 9 heteroatoms. The third-order valence-corrected chi connectivity index (χ3v) is 5.71. The number of rotatable bonds is 7. The Labute approximate surface area is 208 Å². The van der Waals surface area contributed by atoms with Gasteiger partial charge in [-0.05, 0) is 76.7 Å². The Morgan fingerprint density at radius 2 is 1.81 bits per heavy atom. The molecule has 0 atom stereocenters. The van der Waals surface area contributed by atoms with E-state index in [0.717, 1.165) is 9.13 Å². The first-order chi connectivity index (χ1) is 14.9. The van der Waals surface area contributed by atoms with Gasteiger partial charge in [0.2, 0.25) is 0 Å². The van der Waals surface area contributed by atoms with Gasteiger partial charge in [0.15, 0.2) is 11.5 Å². The maximum absolute atomic E-state index is 12.1. The topological polar surface area (TPSA) is 59.9 Å². The molecular formula is C22H16Cl3IN2O3. The quantitative estimate of drug-likeness (QED) is 0.192. The van der Waals surface area contributed by atoms with Crippen molar-refractivity contribution in [1.82, 2.24) is 5.43 Å². The van der Waals surface area contributed by atoms with E-state index in [4.69, 9.17) is 44.3 Å². The Balaban J connectivity index is 1.70. The highest BCUT2D eigenvalue weighted by Crippen LogP contribution is 2.37. The van der Waals surface area contributed by atoms with Gasteiger partial charge in [-0.3, -0.25) is 4.79 Å². The van der Waals surface area contributed by atoms with Crippen LogP contribution in [-0.4, -0.2) is 19.2 Å². The second kappa shape index (κ2) is 11.0. The standard InChI is InChI=1S/C22H16Cl3IN2O3/c1-30-20-9-13(11-27-28-22(29)14-3-6-17(26)7-4-14)8-19(25)21(20)31-12-15-2-5-16(23)10-18(15)24/h2-11H,12H2,1H3,(H,28,29)/b27-11-. The van der Waals surface area contributed by atoms with Crippen LogP contribution in [0.5, 0.6) is 11.5 Å². The van der Waals surface area contributed by atoms with Gasteiger partial charge in [-0.2, -0.15) is 5.10 Å². The van der Waals surface area contributed by atoms with Crippen LogP contribution in [0.15, 0.2) is 59.7 Å². The highest BCUT2D eigenvalue weighted by Gasteiger charge is 2.13. The summed E-state index contributed by atoms with van der Waals surface area (Å²) in [7, 11) is 1.51. The number of nitrogens with one attached hydrogen (secondary N) is 1. The first-order valence-electron chi connectivity index (χ1n) is 8.90. The summed E-state index contributed by atoms with van der Waals surface area (Å²) in [5.41, 5.74) is 4.38. The fraction of sp³-hybridized carbons (Fsp3) is 0.0909. The summed E-state index contributed by atoms with van der Waals surface area (Å²) in [4.78, 5) is 12.1. The largest absolute Gasteiger partial charge is 0.493 e. The van der Waals surface area contributed by atoms with Gasteiger partial charge >= 0.3 is 0 Å². The average Bonchev–Trinajstić information content (AvgIpc) is 2.74. The smallest absolute Gasteiger partial charge is 0.271 e. The molecule has 160 valence electrons. The van der Waals surface area contributed by atoms with Gasteiger partial charge in [-0.15, -0.1) is 0 Å². The third kappa shape index (κ3) is 6.49. The lowest BCUT2D eigenvalue weighted by Gasteiger charge is -2.14. The molecule has 0 aliphatic carbocycles. The van der Waals surface area contributed by atoms with E-state index in [-0.39, 0.29) is 12.5 Å². The minimum atomic E-state index is -0.314. The third-order valence-electron chi connectivity index (χ3n) is 4.13. The molecule has 0 aromatic heterocycles. The number of methoxy groups -OCH3 is 1. The summed E-state index contributed by atoms with van der Waals surface area (Å²) in [6.45, 7) is 0.186. The van der Waals surface area contributed by atoms with E-state index < -0.39 is 0 Å². The number of hydrogen-bond donors (Lipinski definition) is 1. The van der Waals surface area contributed by atoms with Crippen LogP contribution in [0.1, 0.15) is 21.5 Å². The Kier molecular flexibility index (Phi) is 8.43. The molecule has 5 nitrogen and oxygen atoms in total. The van der Waals surface area contributed by atoms with Crippen molar-refractivity contribution in [3.8, 4) is 11.5 Å². The lowest BCUT2D eigenvalue weighted by Crippen LogP contribution is -2.17. The first kappa shape index (κ1) is 23.7. The number of halogens is 4. The van der Waals surface area contributed by atoms with Gasteiger partial charge in [0.05, 0.1) is 18.3 Å². The van der Waals surface area contributed by atoms with Crippen molar-refractivity contribution in [2.24, 2.45) is 5.10 Å². The fourth-order valence-electron chi connectivity index (χ4n) is 2.57. The molecule has 3 rings (SSSR count). The zero-order chi connectivity index (χ0) is 22.4. The second-order valence-electron chi connectivity index (χ2n) is 6.26. The highest BCUT2D eigenvalue weighted by atomic mass is 127. The summed E-state index contributed by atoms with van der Waals surface area (Å²) in [5.74, 6) is 0.476. The summed E-state index contributed by atoms with van der Waals surface area (Å²) in [6.07, 6.45) is 1.47. The van der Waals surface area contributed by atoms with E-state index in [1.165, 1.54) is 13.3 Å². The molecule has 3 aromatic rings. The number of ether oxygens (including phenoxy) is 2. The Hall–Kier alpha value is -2.00. The van der Waals surface area contributed by atoms with Crippen molar-refractivity contribution in [2.75, 3.05) is 7.11 Å². The highest BCUT2D eigenvalue weighted by molar-refractivity contribution is 14.1. The lowest BCUT2D eigenvalue weighted by molar-refractivity contribution is 0.0955. The van der Waals surface area contributed by atoms with Crippen molar-refractivity contribution in [3.05, 3.63) is 89.9 Å². The molecular weight excluding hydrogens is 574 g/mol. The SMILES string of the molecule is COc1cc(/C=N\NC(=O)c2ccc(I)cc2)cc(Cl)c1OCc1ccc(Cl)cc1Cl. The van der Waals surface area contributed by atoms with Crippen molar-refractivity contribution in [2.45, 2.75) is 6.61 Å². The summed E-state index contributed by atoms with van der Waals surface area (Å²) in [6, 6.07) is 15.7. The van der Waals surface area contributed by atoms with Crippen LogP contribution in [-0.2, 0) is 6.61 Å². The number of hydrazone groups is 1. The molecule has 0 radical (unpaired) electrons. The van der Waals surface area contributed by atoms with Crippen molar-refractivity contribution < 1.29 is 14.3 Å². The maximum Gasteiger partial charge on any atom is 0.271 e. The van der Waals surface area contributed by atoms with Crippen LogP contribution in [0.2, 0.25) is 15.1 Å². The van der Waals surface area contributed by atoms with Gasteiger partial charge in [-0.1, -0.05) is 40.9 Å². The molecule has 0 saturated carbocycles. The molecule has 0 aliphatic rings. The van der Waals surface area contributed by atoms with E-state index in [1.807, 2.05) is 12.1 Å². The number of nitrogens with zero attached hydrogens (tertiary/aromatic N) is 1. The zero-order valence-electron chi connectivity index (χ0n) is 16.2. The van der Waals surface area contributed by atoms with E-state index in [9.17, 15) is 4.79 Å². The Bertz CT molecular complexity index is 1120. The lowest BCUT2D eigenvalue weighted by atomic mass is 10.2. The van der Waals surface area contributed by atoms with Crippen LogP contribution in [0.25, 0.3) is 0 Å². The molecule has 0 bridgehead atoms. The summed E-state index contributed by atoms with van der Waals surface area (Å²) < 4.78 is 12.3. The van der Waals surface area contributed by atoms with Crippen LogP contribution in [0.3, 0.4) is 0 Å². The molecule has 0 saturated heterocycles. The number of benzene rings is 3. The first-order valence-corrected chi connectivity index (χ1v) is 11.1. The molecule has 1 N–H and O–H groups in total. The van der Waals surface area contributed by atoms with Crippen LogP contribution in [0, 0.1) is 3.57 Å². The molecule has 0 spiro atoms. The van der Waals surface area contributed by atoms with Crippen LogP contribution < -0.4 is 14.9 Å². The van der Waals surface area contributed by atoms with E-state index in [0.29, 0.717) is 37.7 Å². The van der Waals surface area contributed by atoms with E-state index >= 15 is 0 Å². The van der Waals surface area contributed by atoms with Crippen LogP contribution in [0.4, 0.5) is 0 Å². The van der Waals surface area contributed by atoms with Crippen LogP contribution >= 0.6 is 57.4 Å². The summed E-state index contributed by atoms with van der Waals surface area (Å²) in [5, 5.41) is 5.36. The molecule has 31 heavy (non-hydrogen) atoms. The van der Waals surface area contributed by atoms with Gasteiger partial charge in [-0.25, -0.2) is 5.43 Å². The van der Waals surface area contributed by atoms with Gasteiger partial charge in [0, 0.05) is 24.7 Å². The van der Waals surface area contributed by atoms with Crippen molar-refractivity contribution in [1.29, 1.82) is 0 Å². The molecule has 0 fully saturated rings. The zero-order valence-corrected chi connectivity index (χ0v) is 20.6. The number of carbonyl (C=O) groups is 1. The number of amides is 1. The molecule has 0 aliphatic heterocycles. The monoisotopic (exact) mass is 588 g/mol. The predicted molar refractivity (Wildman–Crippen MR) is 133 cm³/mol. The Morgan fingerprint density at radius 3 is 2.48 bits per heavy atom. The predicted octanol–water partition coefficient (Wildman–Crippen LogP) is 6.60. The van der Waals surface area contributed by atoms with Gasteiger partial charge in [0.1, 0.15) is 6.61 Å². The second-order valence-corrected chi connectivity index (χ2v) is 8.76. The van der Waals surface area contributed by atoms with Gasteiger partial charge in [0.25, 0.3) is 5.91 Å². The number of carbonyl (C=O) groups excluding carboxylic acids is 1. The summed E-state index contributed by atoms with van der Waals surface area (Å²) >= 11 is 20.7. The van der Waals surface area contributed by atoms with E-state index in [1.54, 1.807) is 42.5 Å². The van der Waals surface area contributed by atoms with E-state index in [2.05, 4.69) is 33.1 Å². The molecule has 0 unspecified atom stereocenters. The maximum atomic E-state index is 12.1. The normalized spacial score (nSPS) is 10.9. The number of hydrogen-bond acceptors (Lipinski definition) is 4. The fourth-order valence-corrected chi connectivity index (χ4v) is 3.67. The molecule has 0 heterocycles. The van der Waals surface area contributed by atoms with Gasteiger partial charge < -0.3 is 9.47 Å². The minimum absolute atomic E-state index is 0.186.